The van der Waals surface area contributed by atoms with Crippen molar-refractivity contribution in [3.05, 3.63) is 33.4 Å². The number of non-ortho nitro benzene ring substituents is 1. The van der Waals surface area contributed by atoms with Crippen LogP contribution >= 0.6 is 0 Å². The molecule has 0 aliphatic carbocycles. The lowest BCUT2D eigenvalue weighted by Crippen LogP contribution is -2.38. The number of nitrogens with one attached hydrogen (secondary N) is 1. The van der Waals surface area contributed by atoms with E-state index in [-0.39, 0.29) is 37.6 Å². The number of carbonyl (C=O) groups excluding carboxylic acids is 1. The molecule has 8 nitrogen and oxygen atoms in total. The predicted molar refractivity (Wildman–Crippen MR) is 83.0 cm³/mol. The number of fused-ring (bicyclic) bond motifs is 1. The Kier molecular flexibility index (Phi) is 5.51. The number of hydrogen-bond acceptors (Lipinski definition) is 6. The quantitative estimate of drug-likeness (QED) is 0.628. The van der Waals surface area contributed by atoms with Crippen LogP contribution in [0.4, 0.5) is 5.69 Å². The van der Waals surface area contributed by atoms with Crippen LogP contribution in [0.15, 0.2) is 12.1 Å². The Bertz CT molecular complexity index is 603. The molecule has 1 N–H and O–H groups in total. The number of amides is 1. The van der Waals surface area contributed by atoms with Gasteiger partial charge in [0.05, 0.1) is 18.1 Å². The fraction of sp³-hybridized carbons (Fsp3) is 0.533. The number of nitro benzene ring substituents is 1. The van der Waals surface area contributed by atoms with E-state index in [4.69, 9.17) is 9.47 Å². The molecule has 126 valence electrons. The summed E-state index contributed by atoms with van der Waals surface area (Å²) in [7, 11) is 1.78. The van der Waals surface area contributed by atoms with Gasteiger partial charge in [-0.2, -0.15) is 0 Å². The number of benzene rings is 1. The van der Waals surface area contributed by atoms with Crippen LogP contribution in [0.25, 0.3) is 0 Å². The molecule has 0 fully saturated rings. The minimum atomic E-state index is -0.441. The Morgan fingerprint density at radius 1 is 1.48 bits per heavy atom. The highest BCUT2D eigenvalue weighted by Crippen LogP contribution is 2.33. The molecule has 1 amide bonds. The van der Waals surface area contributed by atoms with Crippen LogP contribution < -0.4 is 10.1 Å². The number of rotatable bonds is 6. The van der Waals surface area contributed by atoms with Gasteiger partial charge in [-0.25, -0.2) is 0 Å². The van der Waals surface area contributed by atoms with Gasteiger partial charge in [0.1, 0.15) is 5.75 Å². The molecule has 1 aromatic carbocycles. The molecule has 0 spiro atoms. The maximum Gasteiger partial charge on any atom is 0.270 e. The molecule has 1 aliphatic rings. The zero-order chi connectivity index (χ0) is 17.0. The van der Waals surface area contributed by atoms with E-state index in [1.165, 1.54) is 12.1 Å². The van der Waals surface area contributed by atoms with E-state index in [1.807, 2.05) is 13.8 Å². The maximum atomic E-state index is 11.8. The van der Waals surface area contributed by atoms with Gasteiger partial charge < -0.3 is 14.8 Å². The van der Waals surface area contributed by atoms with E-state index in [1.54, 1.807) is 11.9 Å². The highest BCUT2D eigenvalue weighted by molar-refractivity contribution is 5.78. The number of hydrogen-bond donors (Lipinski definition) is 1. The highest BCUT2D eigenvalue weighted by Gasteiger charge is 2.22. The molecular weight excluding hydrogens is 302 g/mol. The summed E-state index contributed by atoms with van der Waals surface area (Å²) in [6, 6.07) is 3.02. The van der Waals surface area contributed by atoms with E-state index >= 15 is 0 Å². The SMILES string of the molecule is CC(C)NC(=O)CN(C)Cc1cc([N+](=O)[O-])cc2c1OCOC2. The third-order valence-electron chi connectivity index (χ3n) is 3.29. The second-order valence-corrected chi connectivity index (χ2v) is 5.86. The molecule has 0 saturated heterocycles. The van der Waals surface area contributed by atoms with Crippen LogP contribution in [0.1, 0.15) is 25.0 Å². The van der Waals surface area contributed by atoms with E-state index < -0.39 is 4.92 Å². The first-order chi connectivity index (χ1) is 10.9. The van der Waals surface area contributed by atoms with Gasteiger partial charge in [0.25, 0.3) is 5.69 Å². The van der Waals surface area contributed by atoms with Gasteiger partial charge in [-0.1, -0.05) is 0 Å². The lowest BCUT2D eigenvalue weighted by Gasteiger charge is -2.23. The molecule has 0 saturated carbocycles. The maximum absolute atomic E-state index is 11.8. The number of carbonyl (C=O) groups is 1. The molecule has 1 aliphatic heterocycles. The topological polar surface area (TPSA) is 93.9 Å². The van der Waals surface area contributed by atoms with Gasteiger partial charge >= 0.3 is 0 Å². The van der Waals surface area contributed by atoms with Crippen LogP contribution in [-0.2, 0) is 22.7 Å². The largest absolute Gasteiger partial charge is 0.467 e. The van der Waals surface area contributed by atoms with Crippen molar-refractivity contribution < 1.29 is 19.2 Å². The second-order valence-electron chi connectivity index (χ2n) is 5.86. The molecule has 0 bridgehead atoms. The van der Waals surface area contributed by atoms with Crippen LogP contribution in [0.2, 0.25) is 0 Å². The Labute approximate surface area is 134 Å². The number of ether oxygens (including phenoxy) is 2. The van der Waals surface area contributed by atoms with Crippen molar-refractivity contribution in [3.63, 3.8) is 0 Å². The first-order valence-corrected chi connectivity index (χ1v) is 7.35. The fourth-order valence-electron chi connectivity index (χ4n) is 2.46. The third-order valence-corrected chi connectivity index (χ3v) is 3.29. The van der Waals surface area contributed by atoms with Crippen LogP contribution in [0.5, 0.6) is 5.75 Å². The van der Waals surface area contributed by atoms with Gasteiger partial charge in [0.2, 0.25) is 5.91 Å². The zero-order valence-corrected chi connectivity index (χ0v) is 13.5. The summed E-state index contributed by atoms with van der Waals surface area (Å²) < 4.78 is 10.7. The lowest BCUT2D eigenvalue weighted by molar-refractivity contribution is -0.385. The smallest absolute Gasteiger partial charge is 0.270 e. The van der Waals surface area contributed by atoms with Crippen molar-refractivity contribution in [1.29, 1.82) is 0 Å². The molecular formula is C15H21N3O5. The van der Waals surface area contributed by atoms with Crippen molar-refractivity contribution in [2.45, 2.75) is 33.0 Å². The van der Waals surface area contributed by atoms with Crippen molar-refractivity contribution in [3.8, 4) is 5.75 Å². The van der Waals surface area contributed by atoms with Crippen molar-refractivity contribution >= 4 is 11.6 Å². The average Bonchev–Trinajstić information content (AvgIpc) is 2.45. The Morgan fingerprint density at radius 3 is 2.87 bits per heavy atom. The molecule has 0 atom stereocenters. The van der Waals surface area contributed by atoms with Crippen molar-refractivity contribution in [2.24, 2.45) is 0 Å². The predicted octanol–water partition coefficient (Wildman–Crippen LogP) is 1.42. The normalized spacial score (nSPS) is 13.6. The van der Waals surface area contributed by atoms with Gasteiger partial charge in [-0.05, 0) is 20.9 Å². The number of nitro groups is 1. The molecule has 2 rings (SSSR count). The molecule has 0 radical (unpaired) electrons. The Hall–Kier alpha value is -2.19. The lowest BCUT2D eigenvalue weighted by atomic mass is 10.1. The molecule has 23 heavy (non-hydrogen) atoms. The van der Waals surface area contributed by atoms with Crippen molar-refractivity contribution in [1.82, 2.24) is 10.2 Å². The summed E-state index contributed by atoms with van der Waals surface area (Å²) in [5, 5.41) is 13.9. The number of likely N-dealkylation sites (N-methyl/N-ethyl adjacent to an activating group) is 1. The third kappa shape index (κ3) is 4.64. The Balaban J connectivity index is 2.16. The zero-order valence-electron chi connectivity index (χ0n) is 13.5. The van der Waals surface area contributed by atoms with Crippen molar-refractivity contribution in [2.75, 3.05) is 20.4 Å². The molecule has 1 aromatic rings. The molecule has 1 heterocycles. The molecule has 0 unspecified atom stereocenters. The van der Waals surface area contributed by atoms with Crippen LogP contribution in [0.3, 0.4) is 0 Å². The summed E-state index contributed by atoms with van der Waals surface area (Å²) in [5.41, 5.74) is 1.32. The number of nitrogens with zero attached hydrogens (tertiary/aromatic N) is 2. The van der Waals surface area contributed by atoms with E-state index in [9.17, 15) is 14.9 Å². The monoisotopic (exact) mass is 323 g/mol. The van der Waals surface area contributed by atoms with Crippen LogP contribution in [0, 0.1) is 10.1 Å². The Morgan fingerprint density at radius 2 is 2.22 bits per heavy atom. The summed E-state index contributed by atoms with van der Waals surface area (Å²) in [6.45, 7) is 4.75. The molecule has 0 aromatic heterocycles. The first kappa shape index (κ1) is 17.2. The fourth-order valence-corrected chi connectivity index (χ4v) is 2.46. The van der Waals surface area contributed by atoms with Crippen LogP contribution in [-0.4, -0.2) is 42.2 Å². The summed E-state index contributed by atoms with van der Waals surface area (Å²) in [4.78, 5) is 24.2. The van der Waals surface area contributed by atoms with E-state index in [0.29, 0.717) is 23.4 Å². The highest BCUT2D eigenvalue weighted by atomic mass is 16.7. The van der Waals surface area contributed by atoms with E-state index in [0.717, 1.165) is 0 Å². The second kappa shape index (κ2) is 7.38. The summed E-state index contributed by atoms with van der Waals surface area (Å²) in [5.74, 6) is 0.518. The minimum Gasteiger partial charge on any atom is -0.467 e. The standard InChI is InChI=1S/C15H21N3O5/c1-10(2)16-14(19)7-17(3)6-11-4-13(18(20)21)5-12-8-22-9-23-15(11)12/h4-5,10H,6-9H2,1-3H3,(H,16,19). The van der Waals surface area contributed by atoms with E-state index in [2.05, 4.69) is 5.32 Å². The summed E-state index contributed by atoms with van der Waals surface area (Å²) in [6.07, 6.45) is 0. The van der Waals surface area contributed by atoms with Gasteiger partial charge in [-0.15, -0.1) is 0 Å². The summed E-state index contributed by atoms with van der Waals surface area (Å²) >= 11 is 0. The van der Waals surface area contributed by atoms with Gasteiger partial charge in [-0.3, -0.25) is 19.8 Å². The first-order valence-electron chi connectivity index (χ1n) is 7.35. The average molecular weight is 323 g/mol. The minimum absolute atomic E-state index is 0.00659. The van der Waals surface area contributed by atoms with Gasteiger partial charge in [0, 0.05) is 35.8 Å². The molecule has 8 heteroatoms. The van der Waals surface area contributed by atoms with Gasteiger partial charge in [0.15, 0.2) is 6.79 Å².